The van der Waals surface area contributed by atoms with Crippen LogP contribution in [0.25, 0.3) is 0 Å². The SMILES string of the molecule is C.CC(N)c1ccc(Cc2ncc(C(F)(F)F)c(CCc3ccccc3CC(N)=O)n2)cc1. The molecule has 1 amide bonds. The first kappa shape index (κ1) is 26.0. The van der Waals surface area contributed by atoms with Crippen molar-refractivity contribution >= 4 is 5.91 Å². The molecule has 0 aliphatic rings. The van der Waals surface area contributed by atoms with Gasteiger partial charge in [0.25, 0.3) is 0 Å². The van der Waals surface area contributed by atoms with Crippen molar-refractivity contribution in [2.75, 3.05) is 0 Å². The second-order valence-corrected chi connectivity index (χ2v) is 7.76. The maximum Gasteiger partial charge on any atom is 0.419 e. The Bertz CT molecular complexity index is 1080. The van der Waals surface area contributed by atoms with Crippen LogP contribution in [0, 0.1) is 0 Å². The Balaban J connectivity index is 0.00000385. The van der Waals surface area contributed by atoms with Gasteiger partial charge in [0.2, 0.25) is 5.91 Å². The fourth-order valence-electron chi connectivity index (χ4n) is 3.51. The Hall–Kier alpha value is -3.26. The van der Waals surface area contributed by atoms with Crippen molar-refractivity contribution in [3.05, 3.63) is 94.1 Å². The van der Waals surface area contributed by atoms with Gasteiger partial charge >= 0.3 is 6.18 Å². The fraction of sp³-hybridized carbons (Fsp3) is 0.320. The molecule has 0 aliphatic carbocycles. The van der Waals surface area contributed by atoms with E-state index in [1.54, 1.807) is 24.3 Å². The minimum absolute atomic E-state index is 0. The van der Waals surface area contributed by atoms with Crippen molar-refractivity contribution in [3.8, 4) is 0 Å². The number of carbonyl (C=O) groups is 1. The van der Waals surface area contributed by atoms with Crippen molar-refractivity contribution in [3.63, 3.8) is 0 Å². The molecule has 1 atom stereocenters. The number of nitrogens with zero attached hydrogens (tertiary/aromatic N) is 2. The lowest BCUT2D eigenvalue weighted by atomic mass is 9.98. The monoisotopic (exact) mass is 458 g/mol. The van der Waals surface area contributed by atoms with Gasteiger partial charge in [-0.05, 0) is 42.0 Å². The second-order valence-electron chi connectivity index (χ2n) is 7.76. The normalized spacial score (nSPS) is 12.2. The van der Waals surface area contributed by atoms with E-state index in [1.807, 2.05) is 31.2 Å². The summed E-state index contributed by atoms with van der Waals surface area (Å²) < 4.78 is 40.7. The molecule has 1 aromatic heterocycles. The van der Waals surface area contributed by atoms with Crippen LogP contribution in [0.2, 0.25) is 0 Å². The van der Waals surface area contributed by atoms with E-state index in [-0.39, 0.29) is 32.0 Å². The van der Waals surface area contributed by atoms with Gasteiger partial charge in [0.05, 0.1) is 17.7 Å². The predicted octanol–water partition coefficient (Wildman–Crippen LogP) is 4.56. The summed E-state index contributed by atoms with van der Waals surface area (Å²) in [4.78, 5) is 19.5. The smallest absolute Gasteiger partial charge is 0.369 e. The largest absolute Gasteiger partial charge is 0.419 e. The van der Waals surface area contributed by atoms with Crippen LogP contribution in [0.15, 0.2) is 54.7 Å². The molecule has 0 radical (unpaired) electrons. The number of benzene rings is 2. The highest BCUT2D eigenvalue weighted by atomic mass is 19.4. The van der Waals surface area contributed by atoms with Crippen LogP contribution in [-0.2, 0) is 36.7 Å². The minimum atomic E-state index is -4.56. The van der Waals surface area contributed by atoms with E-state index in [2.05, 4.69) is 9.97 Å². The summed E-state index contributed by atoms with van der Waals surface area (Å²) in [6.45, 7) is 1.88. The first-order valence-electron chi connectivity index (χ1n) is 10.2. The first-order chi connectivity index (χ1) is 15.1. The van der Waals surface area contributed by atoms with Gasteiger partial charge in [0, 0.05) is 18.7 Å². The molecular weight excluding hydrogens is 429 g/mol. The number of hydrogen-bond acceptors (Lipinski definition) is 4. The molecule has 0 fully saturated rings. The summed E-state index contributed by atoms with van der Waals surface area (Å²) in [5.41, 5.74) is 13.6. The van der Waals surface area contributed by atoms with E-state index >= 15 is 0 Å². The summed E-state index contributed by atoms with van der Waals surface area (Å²) in [7, 11) is 0. The topological polar surface area (TPSA) is 94.9 Å². The number of aryl methyl sites for hydroxylation is 2. The van der Waals surface area contributed by atoms with Crippen molar-refractivity contribution in [1.29, 1.82) is 0 Å². The molecular formula is C25H29F3N4O. The molecule has 0 aliphatic heterocycles. The number of halogens is 3. The first-order valence-corrected chi connectivity index (χ1v) is 10.2. The van der Waals surface area contributed by atoms with Crippen LogP contribution in [-0.4, -0.2) is 15.9 Å². The van der Waals surface area contributed by atoms with Gasteiger partial charge in [-0.2, -0.15) is 13.2 Å². The van der Waals surface area contributed by atoms with Gasteiger partial charge in [0.1, 0.15) is 5.82 Å². The number of primary amides is 1. The van der Waals surface area contributed by atoms with Crippen LogP contribution < -0.4 is 11.5 Å². The second kappa shape index (κ2) is 11.0. The molecule has 2 aromatic carbocycles. The van der Waals surface area contributed by atoms with Gasteiger partial charge in [0.15, 0.2) is 0 Å². The summed E-state index contributed by atoms with van der Waals surface area (Å²) >= 11 is 0. The number of alkyl halides is 3. The fourth-order valence-corrected chi connectivity index (χ4v) is 3.51. The summed E-state index contributed by atoms with van der Waals surface area (Å²) in [5.74, 6) is -0.181. The lowest BCUT2D eigenvalue weighted by Gasteiger charge is -2.14. The molecule has 0 saturated carbocycles. The molecule has 3 rings (SSSR count). The Morgan fingerprint density at radius 2 is 1.67 bits per heavy atom. The lowest BCUT2D eigenvalue weighted by molar-refractivity contribution is -0.138. The highest BCUT2D eigenvalue weighted by Crippen LogP contribution is 2.31. The van der Waals surface area contributed by atoms with Crippen LogP contribution in [0.4, 0.5) is 13.2 Å². The third kappa shape index (κ3) is 7.12. The number of hydrogen-bond donors (Lipinski definition) is 2. The maximum absolute atomic E-state index is 13.6. The molecule has 8 heteroatoms. The van der Waals surface area contributed by atoms with E-state index in [4.69, 9.17) is 11.5 Å². The number of amides is 1. The van der Waals surface area contributed by atoms with Gasteiger partial charge < -0.3 is 11.5 Å². The Morgan fingerprint density at radius 1 is 1.03 bits per heavy atom. The Morgan fingerprint density at radius 3 is 2.24 bits per heavy atom. The van der Waals surface area contributed by atoms with Crippen molar-refractivity contribution in [1.82, 2.24) is 9.97 Å². The average molecular weight is 459 g/mol. The van der Waals surface area contributed by atoms with Crippen LogP contribution in [0.3, 0.4) is 0 Å². The standard InChI is InChI=1S/C24H25F3N4O.CH4/c1-15(28)17-8-6-16(7-9-17)12-23-30-14-20(24(25,26)27)21(31-23)11-10-18-4-2-3-5-19(18)13-22(29)32;/h2-9,14-15H,10-13,28H2,1H3,(H2,29,32);1H4. The molecule has 0 bridgehead atoms. The van der Waals surface area contributed by atoms with Gasteiger partial charge in [-0.25, -0.2) is 9.97 Å². The molecule has 33 heavy (non-hydrogen) atoms. The molecule has 4 N–H and O–H groups in total. The number of nitrogens with two attached hydrogens (primary N) is 2. The predicted molar refractivity (Wildman–Crippen MR) is 122 cm³/mol. The number of carbonyl (C=O) groups excluding carboxylic acids is 1. The molecule has 176 valence electrons. The average Bonchev–Trinajstić information content (AvgIpc) is 2.72. The quantitative estimate of drug-likeness (QED) is 0.518. The highest BCUT2D eigenvalue weighted by Gasteiger charge is 2.34. The summed E-state index contributed by atoms with van der Waals surface area (Å²) in [6, 6.07) is 14.5. The van der Waals surface area contributed by atoms with E-state index in [0.717, 1.165) is 22.9 Å². The van der Waals surface area contributed by atoms with Crippen molar-refractivity contribution < 1.29 is 18.0 Å². The Kier molecular flexibility index (Phi) is 8.70. The highest BCUT2D eigenvalue weighted by molar-refractivity contribution is 5.77. The zero-order chi connectivity index (χ0) is 23.3. The molecule has 1 heterocycles. The third-order valence-electron chi connectivity index (χ3n) is 5.20. The lowest BCUT2D eigenvalue weighted by Crippen LogP contribution is -2.16. The van der Waals surface area contributed by atoms with Crippen molar-refractivity contribution in [2.24, 2.45) is 11.5 Å². The van der Waals surface area contributed by atoms with E-state index in [1.165, 1.54) is 0 Å². The van der Waals surface area contributed by atoms with E-state index in [9.17, 15) is 18.0 Å². The van der Waals surface area contributed by atoms with Crippen LogP contribution >= 0.6 is 0 Å². The molecule has 5 nitrogen and oxygen atoms in total. The third-order valence-corrected chi connectivity index (χ3v) is 5.20. The minimum Gasteiger partial charge on any atom is -0.369 e. The number of rotatable bonds is 8. The summed E-state index contributed by atoms with van der Waals surface area (Å²) in [6.07, 6.45) is -3.00. The van der Waals surface area contributed by atoms with E-state index in [0.29, 0.717) is 24.2 Å². The van der Waals surface area contributed by atoms with Gasteiger partial charge in [-0.15, -0.1) is 0 Å². The zero-order valence-electron chi connectivity index (χ0n) is 17.7. The van der Waals surface area contributed by atoms with Crippen LogP contribution in [0.5, 0.6) is 0 Å². The van der Waals surface area contributed by atoms with Gasteiger partial charge in [-0.1, -0.05) is 56.0 Å². The van der Waals surface area contributed by atoms with Crippen LogP contribution in [0.1, 0.15) is 59.7 Å². The van der Waals surface area contributed by atoms with Crippen molar-refractivity contribution in [2.45, 2.75) is 52.3 Å². The number of aromatic nitrogens is 2. The molecule has 3 aromatic rings. The molecule has 0 spiro atoms. The summed E-state index contributed by atoms with van der Waals surface area (Å²) in [5, 5.41) is 0. The van der Waals surface area contributed by atoms with Gasteiger partial charge in [-0.3, -0.25) is 4.79 Å². The zero-order valence-corrected chi connectivity index (χ0v) is 17.7. The maximum atomic E-state index is 13.6. The Labute approximate surface area is 192 Å². The van der Waals surface area contributed by atoms with E-state index < -0.39 is 17.6 Å². The molecule has 1 unspecified atom stereocenters. The molecule has 0 saturated heterocycles.